The maximum atomic E-state index is 8.98. The molecule has 7 nitrogen and oxygen atoms in total. The molecule has 154 valence electrons. The molecule has 1 aromatic carbocycles. The molecule has 0 amide bonds. The highest BCUT2D eigenvalue weighted by atomic mass is 35.5. The van der Waals surface area contributed by atoms with Gasteiger partial charge < -0.3 is 9.84 Å². The number of nitrogens with zero attached hydrogens (tertiary/aromatic N) is 5. The van der Waals surface area contributed by atoms with Gasteiger partial charge in [0.2, 0.25) is 0 Å². The maximum absolute atomic E-state index is 8.98. The first-order valence-corrected chi connectivity index (χ1v) is 10.0. The molecule has 0 radical (unpaired) electrons. The predicted molar refractivity (Wildman–Crippen MR) is 118 cm³/mol. The van der Waals surface area contributed by atoms with E-state index >= 15 is 0 Å². The molecule has 0 fully saturated rings. The predicted octanol–water partition coefficient (Wildman–Crippen LogP) is 4.69. The van der Waals surface area contributed by atoms with Crippen LogP contribution >= 0.6 is 23.2 Å². The monoisotopic (exact) mass is 443 g/mol. The molecule has 1 unspecified atom stereocenters. The zero-order valence-electron chi connectivity index (χ0n) is 16.1. The lowest BCUT2D eigenvalue weighted by atomic mass is 10.1. The van der Waals surface area contributed by atoms with Crippen LogP contribution in [0, 0.1) is 0 Å². The molecular weight excluding hydrogens is 425 g/mol. The average Bonchev–Trinajstić information content (AvgIpc) is 3.33. The third kappa shape index (κ3) is 4.33. The van der Waals surface area contributed by atoms with Gasteiger partial charge in [-0.1, -0.05) is 23.2 Å². The number of hydrogen-bond acceptors (Lipinski definition) is 5. The van der Waals surface area contributed by atoms with Crippen molar-refractivity contribution in [2.75, 3.05) is 6.61 Å². The van der Waals surface area contributed by atoms with E-state index in [1.165, 1.54) is 0 Å². The molecule has 0 saturated heterocycles. The Kier molecular flexibility index (Phi) is 6.03. The first-order valence-electron chi connectivity index (χ1n) is 9.29. The number of aromatic nitrogens is 5. The quantitative estimate of drug-likeness (QED) is 0.447. The summed E-state index contributed by atoms with van der Waals surface area (Å²) in [5.41, 5.74) is 2.56. The molecule has 0 aliphatic carbocycles. The van der Waals surface area contributed by atoms with Gasteiger partial charge in [0.05, 0.1) is 41.1 Å². The minimum absolute atomic E-state index is 0.0528. The molecule has 4 aromatic rings. The highest BCUT2D eigenvalue weighted by molar-refractivity contribution is 6.35. The van der Waals surface area contributed by atoms with Gasteiger partial charge in [-0.05, 0) is 31.2 Å². The van der Waals surface area contributed by atoms with Crippen LogP contribution in [-0.4, -0.2) is 36.3 Å². The van der Waals surface area contributed by atoms with E-state index < -0.39 is 0 Å². The van der Waals surface area contributed by atoms with Crippen LogP contribution in [0.25, 0.3) is 23.2 Å². The molecule has 3 aromatic heterocycles. The van der Waals surface area contributed by atoms with Crippen LogP contribution in [0.3, 0.4) is 0 Å². The molecule has 0 bridgehead atoms. The van der Waals surface area contributed by atoms with E-state index in [9.17, 15) is 0 Å². The van der Waals surface area contributed by atoms with Crippen LogP contribution < -0.4 is 4.74 Å². The Balaban J connectivity index is 1.52. The van der Waals surface area contributed by atoms with Crippen molar-refractivity contribution in [3.63, 3.8) is 0 Å². The van der Waals surface area contributed by atoms with Crippen LogP contribution in [0.4, 0.5) is 0 Å². The Morgan fingerprint density at radius 1 is 1.13 bits per heavy atom. The number of hydrogen-bond donors (Lipinski definition) is 1. The van der Waals surface area contributed by atoms with E-state index in [1.807, 2.05) is 43.6 Å². The third-order valence-corrected chi connectivity index (χ3v) is 5.17. The van der Waals surface area contributed by atoms with Crippen molar-refractivity contribution in [2.24, 2.45) is 0 Å². The lowest BCUT2D eigenvalue weighted by molar-refractivity contribution is 0.227. The zero-order valence-corrected chi connectivity index (χ0v) is 17.6. The minimum atomic E-state index is -0.337. The number of ether oxygens (including phenoxy) is 1. The van der Waals surface area contributed by atoms with Gasteiger partial charge in [0.15, 0.2) is 0 Å². The first-order chi connectivity index (χ1) is 14.5. The lowest BCUT2D eigenvalue weighted by Crippen LogP contribution is -2.05. The van der Waals surface area contributed by atoms with Crippen molar-refractivity contribution < 1.29 is 9.84 Å². The Labute approximate surface area is 183 Å². The van der Waals surface area contributed by atoms with E-state index in [0.717, 1.165) is 16.5 Å². The fourth-order valence-corrected chi connectivity index (χ4v) is 3.82. The van der Waals surface area contributed by atoms with Crippen molar-refractivity contribution >= 4 is 46.4 Å². The van der Waals surface area contributed by atoms with Gasteiger partial charge in [-0.2, -0.15) is 10.2 Å². The van der Waals surface area contributed by atoms with Gasteiger partial charge in [-0.3, -0.25) is 9.67 Å². The van der Waals surface area contributed by atoms with Gasteiger partial charge in [0.1, 0.15) is 11.9 Å². The summed E-state index contributed by atoms with van der Waals surface area (Å²) in [6.07, 6.45) is 11.9. The van der Waals surface area contributed by atoms with Crippen molar-refractivity contribution in [1.29, 1.82) is 0 Å². The molecule has 9 heteroatoms. The fourth-order valence-electron chi connectivity index (χ4n) is 3.14. The van der Waals surface area contributed by atoms with Crippen LogP contribution in [0.2, 0.25) is 10.0 Å². The number of pyridine rings is 1. The summed E-state index contributed by atoms with van der Waals surface area (Å²) in [5, 5.41) is 19.5. The topological polar surface area (TPSA) is 78.0 Å². The SMILES string of the molecule is CC(Oc1ccc2c(cnn2C=Cc2cnn(CCO)c2)c1)c1c(Cl)cncc1Cl. The van der Waals surface area contributed by atoms with E-state index in [1.54, 1.807) is 34.2 Å². The molecular formula is C21H19Cl2N5O2. The minimum Gasteiger partial charge on any atom is -0.486 e. The van der Waals surface area contributed by atoms with Gasteiger partial charge in [-0.15, -0.1) is 0 Å². The smallest absolute Gasteiger partial charge is 0.124 e. The Bertz CT molecular complexity index is 1180. The van der Waals surface area contributed by atoms with Crippen molar-refractivity contribution in [3.05, 3.63) is 70.4 Å². The summed E-state index contributed by atoms with van der Waals surface area (Å²) in [6, 6.07) is 5.75. The second kappa shape index (κ2) is 8.87. The Hall–Kier alpha value is -2.87. The molecule has 1 N–H and O–H groups in total. The summed E-state index contributed by atoms with van der Waals surface area (Å²) < 4.78 is 9.52. The second-order valence-electron chi connectivity index (χ2n) is 6.66. The third-order valence-electron chi connectivity index (χ3n) is 4.57. The summed E-state index contributed by atoms with van der Waals surface area (Å²) in [6.45, 7) is 2.41. The van der Waals surface area contributed by atoms with Crippen LogP contribution in [0.15, 0.2) is 49.2 Å². The number of halogens is 2. The van der Waals surface area contributed by atoms with E-state index in [0.29, 0.717) is 27.9 Å². The van der Waals surface area contributed by atoms with Crippen LogP contribution in [0.5, 0.6) is 5.75 Å². The van der Waals surface area contributed by atoms with Crippen molar-refractivity contribution in [2.45, 2.75) is 19.6 Å². The highest BCUT2D eigenvalue weighted by Gasteiger charge is 2.16. The fraction of sp³-hybridized carbons (Fsp3) is 0.190. The molecule has 0 aliphatic heterocycles. The summed E-state index contributed by atoms with van der Waals surface area (Å²) >= 11 is 12.5. The van der Waals surface area contributed by atoms with Crippen molar-refractivity contribution in [3.8, 4) is 5.75 Å². The first kappa shape index (κ1) is 20.4. The highest BCUT2D eigenvalue weighted by Crippen LogP contribution is 2.33. The molecule has 0 aliphatic rings. The molecule has 30 heavy (non-hydrogen) atoms. The van der Waals surface area contributed by atoms with Crippen LogP contribution in [0.1, 0.15) is 24.2 Å². The van der Waals surface area contributed by atoms with Gasteiger partial charge in [0.25, 0.3) is 0 Å². The average molecular weight is 444 g/mol. The number of rotatable bonds is 7. The zero-order chi connectivity index (χ0) is 21.1. The number of benzene rings is 1. The van der Waals surface area contributed by atoms with Gasteiger partial charge in [-0.25, -0.2) is 4.68 Å². The largest absolute Gasteiger partial charge is 0.486 e. The standard InChI is InChI=1S/C21H19Cl2N5O2/c1-14(21-18(22)11-24-12-19(21)23)30-17-2-3-20-16(8-17)10-26-28(20)5-4-15-9-25-27(13-15)6-7-29/h2-5,8-14,29H,6-7H2,1H3. The molecule has 4 rings (SSSR count). The molecule has 0 spiro atoms. The summed E-state index contributed by atoms with van der Waals surface area (Å²) in [5.74, 6) is 0.688. The maximum Gasteiger partial charge on any atom is 0.124 e. The number of fused-ring (bicyclic) bond motifs is 1. The van der Waals surface area contributed by atoms with Gasteiger partial charge >= 0.3 is 0 Å². The summed E-state index contributed by atoms with van der Waals surface area (Å²) in [4.78, 5) is 3.97. The Morgan fingerprint density at radius 2 is 1.93 bits per heavy atom. The van der Waals surface area contributed by atoms with Crippen LogP contribution in [-0.2, 0) is 6.54 Å². The van der Waals surface area contributed by atoms with E-state index in [4.69, 9.17) is 33.0 Å². The van der Waals surface area contributed by atoms with Crippen molar-refractivity contribution in [1.82, 2.24) is 24.5 Å². The lowest BCUT2D eigenvalue weighted by Gasteiger charge is -2.17. The summed E-state index contributed by atoms with van der Waals surface area (Å²) in [7, 11) is 0. The second-order valence-corrected chi connectivity index (χ2v) is 7.48. The van der Waals surface area contributed by atoms with Gasteiger partial charge in [0, 0.05) is 41.3 Å². The van der Waals surface area contributed by atoms with E-state index in [2.05, 4.69) is 15.2 Å². The normalized spacial score (nSPS) is 12.7. The molecule has 0 saturated carbocycles. The number of aliphatic hydroxyl groups is 1. The van der Waals surface area contributed by atoms with E-state index in [-0.39, 0.29) is 12.7 Å². The Morgan fingerprint density at radius 3 is 2.70 bits per heavy atom. The molecule has 1 atom stereocenters. The molecule has 3 heterocycles. The number of aliphatic hydroxyl groups excluding tert-OH is 1.